The second-order valence-corrected chi connectivity index (χ2v) is 4.31. The second kappa shape index (κ2) is 7.91. The summed E-state index contributed by atoms with van der Waals surface area (Å²) in [7, 11) is 0. The van der Waals surface area contributed by atoms with Crippen molar-refractivity contribution in [3.05, 3.63) is 12.2 Å². The summed E-state index contributed by atoms with van der Waals surface area (Å²) < 4.78 is 0. The molecule has 1 amide bonds. The maximum atomic E-state index is 11.4. The smallest absolute Gasteiger partial charge is 0.303 e. The van der Waals surface area contributed by atoms with Gasteiger partial charge < -0.3 is 10.4 Å². The van der Waals surface area contributed by atoms with Crippen LogP contribution in [0, 0.1) is 5.92 Å². The molecule has 0 aromatic heterocycles. The van der Waals surface area contributed by atoms with Crippen LogP contribution >= 0.6 is 0 Å². The molecule has 0 saturated heterocycles. The fourth-order valence-corrected chi connectivity index (χ4v) is 1.31. The zero-order chi connectivity index (χ0) is 12.6. The van der Waals surface area contributed by atoms with Gasteiger partial charge in [0.15, 0.2) is 0 Å². The third-order valence-electron chi connectivity index (χ3n) is 2.08. The maximum Gasteiger partial charge on any atom is 0.303 e. The summed E-state index contributed by atoms with van der Waals surface area (Å²) in [6.07, 6.45) is 2.13. The standard InChI is InChI=1S/C12H21NO3/c1-9(2)8-10(3)12(16)13-7-5-4-6-11(14)15/h9H,3-8H2,1-2H3,(H,13,16)(H,14,15). The molecule has 0 aliphatic carbocycles. The summed E-state index contributed by atoms with van der Waals surface area (Å²) in [6, 6.07) is 0. The van der Waals surface area contributed by atoms with Gasteiger partial charge in [-0.1, -0.05) is 20.4 Å². The van der Waals surface area contributed by atoms with Crippen LogP contribution < -0.4 is 5.32 Å². The molecule has 0 aromatic rings. The topological polar surface area (TPSA) is 66.4 Å². The molecular weight excluding hydrogens is 206 g/mol. The first-order valence-corrected chi connectivity index (χ1v) is 5.61. The van der Waals surface area contributed by atoms with Gasteiger partial charge in [-0.05, 0) is 25.2 Å². The second-order valence-electron chi connectivity index (χ2n) is 4.31. The van der Waals surface area contributed by atoms with Crippen molar-refractivity contribution in [3.8, 4) is 0 Å². The quantitative estimate of drug-likeness (QED) is 0.492. The number of aliphatic carboxylic acids is 1. The molecule has 0 saturated carbocycles. The van der Waals surface area contributed by atoms with Gasteiger partial charge in [-0.2, -0.15) is 0 Å². The zero-order valence-electron chi connectivity index (χ0n) is 10.1. The molecule has 0 spiro atoms. The van der Waals surface area contributed by atoms with Crippen molar-refractivity contribution in [1.29, 1.82) is 0 Å². The molecule has 0 bridgehead atoms. The Hall–Kier alpha value is -1.32. The van der Waals surface area contributed by atoms with Gasteiger partial charge in [0.2, 0.25) is 5.91 Å². The Labute approximate surface area is 96.7 Å². The molecule has 0 heterocycles. The van der Waals surface area contributed by atoms with Gasteiger partial charge in [0.1, 0.15) is 0 Å². The number of carbonyl (C=O) groups excluding carboxylic acids is 1. The Balaban J connectivity index is 3.57. The normalized spacial score (nSPS) is 10.2. The largest absolute Gasteiger partial charge is 0.481 e. The van der Waals surface area contributed by atoms with Crippen molar-refractivity contribution in [1.82, 2.24) is 5.32 Å². The summed E-state index contributed by atoms with van der Waals surface area (Å²) in [5, 5.41) is 11.1. The summed E-state index contributed by atoms with van der Waals surface area (Å²) in [4.78, 5) is 21.7. The minimum atomic E-state index is -0.796. The number of unbranched alkanes of at least 4 members (excludes halogenated alkanes) is 1. The lowest BCUT2D eigenvalue weighted by atomic mass is 10.0. The highest BCUT2D eigenvalue weighted by molar-refractivity contribution is 5.92. The van der Waals surface area contributed by atoms with Crippen LogP contribution in [0.15, 0.2) is 12.2 Å². The van der Waals surface area contributed by atoms with Gasteiger partial charge in [0, 0.05) is 18.5 Å². The number of nitrogens with one attached hydrogen (secondary N) is 1. The highest BCUT2D eigenvalue weighted by Gasteiger charge is 2.07. The Morgan fingerprint density at radius 2 is 1.94 bits per heavy atom. The highest BCUT2D eigenvalue weighted by atomic mass is 16.4. The molecule has 0 rings (SSSR count). The SMILES string of the molecule is C=C(CC(C)C)C(=O)NCCCCC(=O)O. The number of carbonyl (C=O) groups is 2. The first kappa shape index (κ1) is 14.7. The van der Waals surface area contributed by atoms with Crippen LogP contribution in [0.5, 0.6) is 0 Å². The molecule has 0 aliphatic heterocycles. The van der Waals surface area contributed by atoms with E-state index >= 15 is 0 Å². The van der Waals surface area contributed by atoms with Gasteiger partial charge in [0.05, 0.1) is 0 Å². The van der Waals surface area contributed by atoms with Crippen molar-refractivity contribution >= 4 is 11.9 Å². The molecule has 0 aromatic carbocycles. The van der Waals surface area contributed by atoms with Gasteiger partial charge in [0.25, 0.3) is 0 Å². The van der Waals surface area contributed by atoms with Crippen LogP contribution in [-0.2, 0) is 9.59 Å². The van der Waals surface area contributed by atoms with Crippen molar-refractivity contribution in [2.24, 2.45) is 5.92 Å². The van der Waals surface area contributed by atoms with E-state index in [0.717, 1.165) is 0 Å². The van der Waals surface area contributed by atoms with Crippen LogP contribution in [0.1, 0.15) is 39.5 Å². The minimum Gasteiger partial charge on any atom is -0.481 e. The van der Waals surface area contributed by atoms with E-state index in [-0.39, 0.29) is 12.3 Å². The van der Waals surface area contributed by atoms with Crippen LogP contribution in [0.25, 0.3) is 0 Å². The first-order valence-electron chi connectivity index (χ1n) is 5.61. The van der Waals surface area contributed by atoms with Gasteiger partial charge in [-0.25, -0.2) is 0 Å². The summed E-state index contributed by atoms with van der Waals surface area (Å²) in [5.74, 6) is -0.496. The van der Waals surface area contributed by atoms with Gasteiger partial charge in [-0.15, -0.1) is 0 Å². The summed E-state index contributed by atoms with van der Waals surface area (Å²) in [6.45, 7) is 8.30. The molecule has 92 valence electrons. The Morgan fingerprint density at radius 3 is 2.44 bits per heavy atom. The number of hydrogen-bond donors (Lipinski definition) is 2. The average molecular weight is 227 g/mol. The predicted octanol–water partition coefficient (Wildman–Crippen LogP) is 1.96. The summed E-state index contributed by atoms with van der Waals surface area (Å²) >= 11 is 0. The molecule has 4 heteroatoms. The number of carboxylic acids is 1. The third kappa shape index (κ3) is 8.03. The monoisotopic (exact) mass is 227 g/mol. The van der Waals surface area contributed by atoms with Crippen molar-refractivity contribution in [2.45, 2.75) is 39.5 Å². The lowest BCUT2D eigenvalue weighted by Crippen LogP contribution is -2.26. The Kier molecular flexibility index (Phi) is 7.25. The highest BCUT2D eigenvalue weighted by Crippen LogP contribution is 2.08. The zero-order valence-corrected chi connectivity index (χ0v) is 10.1. The van der Waals surface area contributed by atoms with Gasteiger partial charge >= 0.3 is 5.97 Å². The van der Waals surface area contributed by atoms with Crippen LogP contribution in [0.4, 0.5) is 0 Å². The predicted molar refractivity (Wildman–Crippen MR) is 63.1 cm³/mol. The lowest BCUT2D eigenvalue weighted by Gasteiger charge is -2.09. The van der Waals surface area contributed by atoms with E-state index in [1.54, 1.807) is 0 Å². The third-order valence-corrected chi connectivity index (χ3v) is 2.08. The Morgan fingerprint density at radius 1 is 1.31 bits per heavy atom. The van der Waals surface area contributed by atoms with E-state index in [1.165, 1.54) is 0 Å². The number of carboxylic acid groups (broad SMARTS) is 1. The Bertz CT molecular complexity index is 259. The van der Waals surface area contributed by atoms with Crippen molar-refractivity contribution in [2.75, 3.05) is 6.54 Å². The van der Waals surface area contributed by atoms with E-state index in [1.807, 2.05) is 13.8 Å². The molecule has 0 unspecified atom stereocenters. The molecule has 0 atom stereocenters. The average Bonchev–Trinajstić information content (AvgIpc) is 2.15. The summed E-state index contributed by atoms with van der Waals surface area (Å²) in [5.41, 5.74) is 0.591. The number of hydrogen-bond acceptors (Lipinski definition) is 2. The lowest BCUT2D eigenvalue weighted by molar-refractivity contribution is -0.137. The maximum absolute atomic E-state index is 11.4. The van der Waals surface area contributed by atoms with Crippen molar-refractivity contribution < 1.29 is 14.7 Å². The van der Waals surface area contributed by atoms with Gasteiger partial charge in [-0.3, -0.25) is 9.59 Å². The molecule has 0 fully saturated rings. The fourth-order valence-electron chi connectivity index (χ4n) is 1.31. The van der Waals surface area contributed by atoms with Crippen molar-refractivity contribution in [3.63, 3.8) is 0 Å². The van der Waals surface area contributed by atoms with Crippen LogP contribution in [-0.4, -0.2) is 23.5 Å². The minimum absolute atomic E-state index is 0.121. The molecule has 0 aliphatic rings. The van der Waals surface area contributed by atoms with E-state index in [4.69, 9.17) is 5.11 Å². The van der Waals surface area contributed by atoms with E-state index in [2.05, 4.69) is 11.9 Å². The first-order chi connectivity index (χ1) is 7.43. The molecule has 16 heavy (non-hydrogen) atoms. The fraction of sp³-hybridized carbons (Fsp3) is 0.667. The molecular formula is C12H21NO3. The molecule has 2 N–H and O–H groups in total. The molecule has 0 radical (unpaired) electrons. The van der Waals surface area contributed by atoms with E-state index < -0.39 is 5.97 Å². The van der Waals surface area contributed by atoms with Crippen LogP contribution in [0.3, 0.4) is 0 Å². The van der Waals surface area contributed by atoms with E-state index in [9.17, 15) is 9.59 Å². The number of amides is 1. The number of rotatable bonds is 8. The molecule has 4 nitrogen and oxygen atoms in total. The van der Waals surface area contributed by atoms with E-state index in [0.29, 0.717) is 37.3 Å². The van der Waals surface area contributed by atoms with Crippen LogP contribution in [0.2, 0.25) is 0 Å².